The summed E-state index contributed by atoms with van der Waals surface area (Å²) in [7, 11) is 1.64. The molecule has 0 amide bonds. The van der Waals surface area contributed by atoms with Gasteiger partial charge in [-0.05, 0) is 24.6 Å². The van der Waals surface area contributed by atoms with Gasteiger partial charge in [-0.1, -0.05) is 18.3 Å². The molecule has 3 heteroatoms. The number of anilines is 1. The second kappa shape index (κ2) is 4.07. The number of thiocarbonyl (C=S) groups is 1. The highest BCUT2D eigenvalue weighted by molar-refractivity contribution is 7.79. The van der Waals surface area contributed by atoms with E-state index in [1.807, 2.05) is 25.1 Å². The van der Waals surface area contributed by atoms with Gasteiger partial charge in [0.1, 0.15) is 5.75 Å². The smallest absolute Gasteiger partial charge is 0.142 e. The first kappa shape index (κ1) is 9.00. The van der Waals surface area contributed by atoms with Crippen LogP contribution >= 0.6 is 12.2 Å². The van der Waals surface area contributed by atoms with Gasteiger partial charge in [-0.15, -0.1) is 0 Å². The first-order chi connectivity index (χ1) is 5.77. The third-order valence-electron chi connectivity index (χ3n) is 1.57. The SMILES string of the molecule is COc1cc(C)ccc1NC=S. The van der Waals surface area contributed by atoms with E-state index in [0.29, 0.717) is 0 Å². The largest absolute Gasteiger partial charge is 0.495 e. The molecule has 0 saturated heterocycles. The second-order valence-corrected chi connectivity index (χ2v) is 2.70. The number of nitrogens with one attached hydrogen (secondary N) is 1. The average Bonchev–Trinajstić information content (AvgIpc) is 2.08. The Labute approximate surface area is 77.5 Å². The number of benzene rings is 1. The molecule has 0 radical (unpaired) electrons. The van der Waals surface area contributed by atoms with E-state index in [1.54, 1.807) is 7.11 Å². The number of aryl methyl sites for hydroxylation is 1. The Morgan fingerprint density at radius 1 is 1.50 bits per heavy atom. The molecule has 0 atom stereocenters. The summed E-state index contributed by atoms with van der Waals surface area (Å²) in [6.07, 6.45) is 0. The Morgan fingerprint density at radius 3 is 2.83 bits per heavy atom. The van der Waals surface area contributed by atoms with Crippen LogP contribution in [0.5, 0.6) is 5.75 Å². The van der Waals surface area contributed by atoms with Crippen LogP contribution in [0, 0.1) is 6.92 Å². The maximum atomic E-state index is 5.15. The van der Waals surface area contributed by atoms with Crippen LogP contribution in [-0.2, 0) is 0 Å². The van der Waals surface area contributed by atoms with Crippen molar-refractivity contribution in [2.75, 3.05) is 12.4 Å². The highest BCUT2D eigenvalue weighted by Crippen LogP contribution is 2.24. The van der Waals surface area contributed by atoms with Gasteiger partial charge in [0, 0.05) is 0 Å². The van der Waals surface area contributed by atoms with Crippen molar-refractivity contribution in [3.8, 4) is 5.75 Å². The van der Waals surface area contributed by atoms with Gasteiger partial charge in [0.2, 0.25) is 0 Å². The molecule has 0 saturated carbocycles. The van der Waals surface area contributed by atoms with Gasteiger partial charge in [-0.3, -0.25) is 0 Å². The standard InChI is InChI=1S/C9H11NOS/c1-7-3-4-8(10-6-12)9(5-7)11-2/h3-6H,1-2H3,(H,10,12). The molecule has 0 bridgehead atoms. The van der Waals surface area contributed by atoms with E-state index in [4.69, 9.17) is 4.74 Å². The zero-order valence-corrected chi connectivity index (χ0v) is 7.94. The topological polar surface area (TPSA) is 21.3 Å². The van der Waals surface area contributed by atoms with Crippen LogP contribution in [0.25, 0.3) is 0 Å². The number of rotatable bonds is 3. The van der Waals surface area contributed by atoms with Crippen LogP contribution in [-0.4, -0.2) is 12.6 Å². The van der Waals surface area contributed by atoms with Crippen LogP contribution in [0.4, 0.5) is 5.69 Å². The van der Waals surface area contributed by atoms with Crippen molar-refractivity contribution in [2.45, 2.75) is 6.92 Å². The lowest BCUT2D eigenvalue weighted by Crippen LogP contribution is -1.96. The van der Waals surface area contributed by atoms with Gasteiger partial charge in [-0.25, -0.2) is 0 Å². The average molecular weight is 181 g/mol. The first-order valence-electron chi connectivity index (χ1n) is 3.62. The van der Waals surface area contributed by atoms with Crippen LogP contribution in [0.1, 0.15) is 5.56 Å². The predicted molar refractivity (Wildman–Crippen MR) is 55.0 cm³/mol. The predicted octanol–water partition coefficient (Wildman–Crippen LogP) is 2.37. The van der Waals surface area contributed by atoms with E-state index in [9.17, 15) is 0 Å². The summed E-state index contributed by atoms with van der Waals surface area (Å²) in [5.41, 5.74) is 3.53. The molecule has 0 aromatic heterocycles. The molecule has 12 heavy (non-hydrogen) atoms. The highest BCUT2D eigenvalue weighted by Gasteiger charge is 1.99. The molecular formula is C9H11NOS. The fourth-order valence-electron chi connectivity index (χ4n) is 0.981. The molecule has 0 aliphatic heterocycles. The van der Waals surface area contributed by atoms with Crippen molar-refractivity contribution in [3.63, 3.8) is 0 Å². The number of hydrogen-bond acceptors (Lipinski definition) is 2. The van der Waals surface area contributed by atoms with Gasteiger partial charge < -0.3 is 10.1 Å². The molecule has 64 valence electrons. The zero-order chi connectivity index (χ0) is 8.97. The van der Waals surface area contributed by atoms with Crippen molar-refractivity contribution < 1.29 is 4.74 Å². The van der Waals surface area contributed by atoms with E-state index >= 15 is 0 Å². The van der Waals surface area contributed by atoms with Crippen molar-refractivity contribution in [3.05, 3.63) is 23.8 Å². The highest BCUT2D eigenvalue weighted by atomic mass is 32.1. The molecule has 1 rings (SSSR count). The number of ether oxygens (including phenoxy) is 1. The van der Waals surface area contributed by atoms with Gasteiger partial charge in [0.25, 0.3) is 0 Å². The van der Waals surface area contributed by atoms with Crippen molar-refractivity contribution in [1.29, 1.82) is 0 Å². The van der Waals surface area contributed by atoms with E-state index in [2.05, 4.69) is 17.5 Å². The summed E-state index contributed by atoms with van der Waals surface area (Å²) in [5, 5.41) is 2.92. The quantitative estimate of drug-likeness (QED) is 0.723. The molecule has 0 heterocycles. The maximum absolute atomic E-state index is 5.15. The lowest BCUT2D eigenvalue weighted by atomic mass is 10.2. The summed E-state index contributed by atoms with van der Waals surface area (Å²) in [4.78, 5) is 0. The molecule has 2 nitrogen and oxygen atoms in total. The Hall–Kier alpha value is -1.09. The minimum atomic E-state index is 0.816. The molecular weight excluding hydrogens is 170 g/mol. The molecule has 0 unspecified atom stereocenters. The first-order valence-corrected chi connectivity index (χ1v) is 4.10. The van der Waals surface area contributed by atoms with Gasteiger partial charge in [0.15, 0.2) is 0 Å². The summed E-state index contributed by atoms with van der Waals surface area (Å²) < 4.78 is 5.15. The van der Waals surface area contributed by atoms with E-state index in [1.165, 1.54) is 11.1 Å². The van der Waals surface area contributed by atoms with E-state index in [-0.39, 0.29) is 0 Å². The van der Waals surface area contributed by atoms with Crippen LogP contribution in [0.15, 0.2) is 18.2 Å². The minimum absolute atomic E-state index is 0.816. The fraction of sp³-hybridized carbons (Fsp3) is 0.222. The molecule has 0 fully saturated rings. The second-order valence-electron chi connectivity index (χ2n) is 2.47. The normalized spacial score (nSPS) is 9.17. The Morgan fingerprint density at radius 2 is 2.25 bits per heavy atom. The maximum Gasteiger partial charge on any atom is 0.142 e. The molecule has 0 aliphatic carbocycles. The van der Waals surface area contributed by atoms with Gasteiger partial charge in [-0.2, -0.15) is 0 Å². The minimum Gasteiger partial charge on any atom is -0.495 e. The van der Waals surface area contributed by atoms with Crippen molar-refractivity contribution in [1.82, 2.24) is 0 Å². The summed E-state index contributed by atoms with van der Waals surface area (Å²) in [5.74, 6) is 0.816. The Bertz CT molecular complexity index is 286. The molecule has 1 N–H and O–H groups in total. The van der Waals surface area contributed by atoms with Crippen molar-refractivity contribution >= 4 is 23.4 Å². The van der Waals surface area contributed by atoms with Gasteiger partial charge in [0.05, 0.1) is 18.3 Å². The summed E-state index contributed by atoms with van der Waals surface area (Å²) in [6, 6.07) is 5.90. The van der Waals surface area contributed by atoms with Crippen molar-refractivity contribution in [2.24, 2.45) is 0 Å². The number of hydrogen-bond donors (Lipinski definition) is 1. The third-order valence-corrected chi connectivity index (χ3v) is 1.69. The van der Waals surface area contributed by atoms with Crippen LogP contribution in [0.2, 0.25) is 0 Å². The molecule has 1 aromatic rings. The number of methoxy groups -OCH3 is 1. The lowest BCUT2D eigenvalue weighted by Gasteiger charge is -2.07. The molecule has 1 aromatic carbocycles. The van der Waals surface area contributed by atoms with E-state index in [0.717, 1.165) is 11.4 Å². The van der Waals surface area contributed by atoms with Gasteiger partial charge >= 0.3 is 0 Å². The Kier molecular flexibility index (Phi) is 3.05. The fourth-order valence-corrected chi connectivity index (χ4v) is 1.11. The zero-order valence-electron chi connectivity index (χ0n) is 7.13. The molecule has 0 spiro atoms. The van der Waals surface area contributed by atoms with E-state index < -0.39 is 0 Å². The van der Waals surface area contributed by atoms with Crippen LogP contribution in [0.3, 0.4) is 0 Å². The third kappa shape index (κ3) is 1.95. The van der Waals surface area contributed by atoms with Crippen LogP contribution < -0.4 is 10.1 Å². The molecule has 0 aliphatic rings. The monoisotopic (exact) mass is 181 g/mol. The lowest BCUT2D eigenvalue weighted by molar-refractivity contribution is 0.416. The Balaban J connectivity index is 3.01. The summed E-state index contributed by atoms with van der Waals surface area (Å²) >= 11 is 4.68. The summed E-state index contributed by atoms with van der Waals surface area (Å²) in [6.45, 7) is 2.02.